The van der Waals surface area contributed by atoms with E-state index in [0.29, 0.717) is 50.9 Å². The van der Waals surface area contributed by atoms with Crippen molar-refractivity contribution in [1.29, 1.82) is 0 Å². The zero-order valence-electron chi connectivity index (χ0n) is 16.7. The first-order valence-corrected chi connectivity index (χ1v) is 9.90. The Morgan fingerprint density at radius 1 is 1.14 bits per heavy atom. The highest BCUT2D eigenvalue weighted by Crippen LogP contribution is 2.26. The fourth-order valence-electron chi connectivity index (χ4n) is 3.72. The molecule has 1 heterocycles. The van der Waals surface area contributed by atoms with Crippen molar-refractivity contribution in [2.24, 2.45) is 0 Å². The molecule has 2 aromatic carbocycles. The fourth-order valence-corrected chi connectivity index (χ4v) is 3.72. The van der Waals surface area contributed by atoms with E-state index in [-0.39, 0.29) is 17.6 Å². The number of amides is 2. The van der Waals surface area contributed by atoms with Crippen LogP contribution in [0.2, 0.25) is 0 Å². The maximum Gasteiger partial charge on any atom is 0.251 e. The van der Waals surface area contributed by atoms with Gasteiger partial charge in [-0.3, -0.25) is 9.59 Å². The summed E-state index contributed by atoms with van der Waals surface area (Å²) in [6.45, 7) is 1.54. The Hall–Kier alpha value is -2.73. The van der Waals surface area contributed by atoms with E-state index in [1.54, 1.807) is 7.11 Å². The maximum atomic E-state index is 13.1. The molecule has 5 nitrogen and oxygen atoms in total. The molecule has 1 aliphatic heterocycles. The summed E-state index contributed by atoms with van der Waals surface area (Å²) in [6.07, 6.45) is 2.42. The first-order chi connectivity index (χ1) is 14.0. The summed E-state index contributed by atoms with van der Waals surface area (Å²) in [7, 11) is 1.62. The largest absolute Gasteiger partial charge is 0.385 e. The standard InChI is InChI=1S/C23H27FN2O3/c1-29-16-14-23(25-22(28)19-8-10-20(24)11-9-19)13-15-26(17-23)21(27)12-7-18-5-3-2-4-6-18/h2-6,8-11H,7,12-17H2,1H3,(H,25,28). The van der Waals surface area contributed by atoms with E-state index >= 15 is 0 Å². The lowest BCUT2D eigenvalue weighted by Gasteiger charge is -2.30. The number of hydrogen-bond donors (Lipinski definition) is 1. The van der Waals surface area contributed by atoms with Crippen LogP contribution in [0.4, 0.5) is 4.39 Å². The summed E-state index contributed by atoms with van der Waals surface area (Å²) >= 11 is 0. The molecule has 1 atom stereocenters. The number of benzene rings is 2. The van der Waals surface area contributed by atoms with E-state index in [9.17, 15) is 14.0 Å². The van der Waals surface area contributed by atoms with E-state index in [2.05, 4.69) is 5.32 Å². The minimum Gasteiger partial charge on any atom is -0.385 e. The molecule has 1 unspecified atom stereocenters. The van der Waals surface area contributed by atoms with Crippen LogP contribution in [-0.2, 0) is 16.0 Å². The lowest BCUT2D eigenvalue weighted by atomic mass is 9.93. The number of halogens is 1. The average Bonchev–Trinajstić information content (AvgIpc) is 3.16. The molecule has 1 fully saturated rings. The summed E-state index contributed by atoms with van der Waals surface area (Å²) in [6, 6.07) is 15.4. The van der Waals surface area contributed by atoms with Crippen LogP contribution < -0.4 is 5.32 Å². The number of hydrogen-bond acceptors (Lipinski definition) is 3. The quantitative estimate of drug-likeness (QED) is 0.743. The van der Waals surface area contributed by atoms with Gasteiger partial charge in [0, 0.05) is 38.8 Å². The lowest BCUT2D eigenvalue weighted by molar-refractivity contribution is -0.130. The molecule has 0 aliphatic carbocycles. The van der Waals surface area contributed by atoms with Crippen molar-refractivity contribution in [3.63, 3.8) is 0 Å². The summed E-state index contributed by atoms with van der Waals surface area (Å²) in [5, 5.41) is 3.09. The van der Waals surface area contributed by atoms with E-state index in [4.69, 9.17) is 4.74 Å². The lowest BCUT2D eigenvalue weighted by Crippen LogP contribution is -2.51. The summed E-state index contributed by atoms with van der Waals surface area (Å²) in [5.41, 5.74) is 0.997. The SMILES string of the molecule is COCCC1(NC(=O)c2ccc(F)cc2)CCN(C(=O)CCc2ccccc2)C1. The van der Waals surface area contributed by atoms with Gasteiger partial charge in [0.15, 0.2) is 0 Å². The molecule has 1 N–H and O–H groups in total. The van der Waals surface area contributed by atoms with Gasteiger partial charge in [0.05, 0.1) is 5.54 Å². The Bertz CT molecular complexity index is 826. The van der Waals surface area contributed by atoms with Crippen molar-refractivity contribution >= 4 is 11.8 Å². The van der Waals surface area contributed by atoms with Gasteiger partial charge in [0.2, 0.25) is 5.91 Å². The molecule has 0 bridgehead atoms. The molecule has 2 aromatic rings. The minimum atomic E-state index is -0.538. The second-order valence-electron chi connectivity index (χ2n) is 7.54. The van der Waals surface area contributed by atoms with Gasteiger partial charge in [-0.05, 0) is 49.1 Å². The Morgan fingerprint density at radius 3 is 2.55 bits per heavy atom. The predicted molar refractivity (Wildman–Crippen MR) is 109 cm³/mol. The maximum absolute atomic E-state index is 13.1. The van der Waals surface area contributed by atoms with E-state index in [1.807, 2.05) is 35.2 Å². The van der Waals surface area contributed by atoms with Crippen molar-refractivity contribution < 1.29 is 18.7 Å². The van der Waals surface area contributed by atoms with Gasteiger partial charge in [0.25, 0.3) is 5.91 Å². The van der Waals surface area contributed by atoms with Crippen molar-refractivity contribution in [2.75, 3.05) is 26.8 Å². The smallest absolute Gasteiger partial charge is 0.251 e. The van der Waals surface area contributed by atoms with Crippen molar-refractivity contribution in [2.45, 2.75) is 31.2 Å². The first kappa shape index (κ1) is 21.0. The van der Waals surface area contributed by atoms with Crippen LogP contribution >= 0.6 is 0 Å². The minimum absolute atomic E-state index is 0.0872. The third-order valence-corrected chi connectivity index (χ3v) is 5.45. The summed E-state index contributed by atoms with van der Waals surface area (Å²) in [4.78, 5) is 27.2. The van der Waals surface area contributed by atoms with Gasteiger partial charge in [-0.2, -0.15) is 0 Å². The molecular weight excluding hydrogens is 371 g/mol. The van der Waals surface area contributed by atoms with Crippen LogP contribution in [0, 0.1) is 5.82 Å². The number of nitrogens with one attached hydrogen (secondary N) is 1. The topological polar surface area (TPSA) is 58.6 Å². The molecule has 0 radical (unpaired) electrons. The number of carbonyl (C=O) groups excluding carboxylic acids is 2. The summed E-state index contributed by atoms with van der Waals surface area (Å²) in [5.74, 6) is -0.560. The number of ether oxygens (including phenoxy) is 1. The van der Waals surface area contributed by atoms with Crippen molar-refractivity contribution in [3.8, 4) is 0 Å². The molecule has 154 valence electrons. The van der Waals surface area contributed by atoms with Crippen LogP contribution in [-0.4, -0.2) is 49.1 Å². The van der Waals surface area contributed by atoms with E-state index < -0.39 is 5.54 Å². The zero-order chi connectivity index (χ0) is 20.7. The third-order valence-electron chi connectivity index (χ3n) is 5.45. The number of nitrogens with zero attached hydrogens (tertiary/aromatic N) is 1. The predicted octanol–water partition coefficient (Wildman–Crippen LogP) is 3.20. The van der Waals surface area contributed by atoms with Gasteiger partial charge in [-0.1, -0.05) is 30.3 Å². The second-order valence-corrected chi connectivity index (χ2v) is 7.54. The van der Waals surface area contributed by atoms with Crippen LogP contribution in [0.5, 0.6) is 0 Å². The number of carbonyl (C=O) groups is 2. The second kappa shape index (κ2) is 9.65. The highest BCUT2D eigenvalue weighted by molar-refractivity contribution is 5.94. The van der Waals surface area contributed by atoms with Gasteiger partial charge in [-0.25, -0.2) is 4.39 Å². The van der Waals surface area contributed by atoms with Crippen molar-refractivity contribution in [3.05, 3.63) is 71.5 Å². The van der Waals surface area contributed by atoms with E-state index in [1.165, 1.54) is 24.3 Å². The molecule has 1 aliphatic rings. The Labute approximate surface area is 170 Å². The fraction of sp³-hybridized carbons (Fsp3) is 0.391. The Kier molecular flexibility index (Phi) is 6.99. The molecule has 2 amide bonds. The van der Waals surface area contributed by atoms with Crippen LogP contribution in [0.15, 0.2) is 54.6 Å². The van der Waals surface area contributed by atoms with Crippen LogP contribution in [0.1, 0.15) is 35.2 Å². The number of rotatable bonds is 8. The highest BCUT2D eigenvalue weighted by Gasteiger charge is 2.40. The van der Waals surface area contributed by atoms with Gasteiger partial charge >= 0.3 is 0 Å². The molecule has 6 heteroatoms. The zero-order valence-corrected chi connectivity index (χ0v) is 16.7. The molecule has 3 rings (SSSR count). The molecular formula is C23H27FN2O3. The Balaban J connectivity index is 1.63. The van der Waals surface area contributed by atoms with Crippen LogP contribution in [0.3, 0.4) is 0 Å². The molecule has 1 saturated heterocycles. The number of aryl methyl sites for hydroxylation is 1. The normalized spacial score (nSPS) is 18.6. The highest BCUT2D eigenvalue weighted by atomic mass is 19.1. The average molecular weight is 398 g/mol. The third kappa shape index (κ3) is 5.64. The van der Waals surface area contributed by atoms with Gasteiger partial charge < -0.3 is 15.0 Å². The molecule has 0 saturated carbocycles. The number of methoxy groups -OCH3 is 1. The van der Waals surface area contributed by atoms with Gasteiger partial charge in [0.1, 0.15) is 5.82 Å². The summed E-state index contributed by atoms with van der Waals surface area (Å²) < 4.78 is 18.4. The molecule has 0 spiro atoms. The molecule has 0 aromatic heterocycles. The monoisotopic (exact) mass is 398 g/mol. The number of likely N-dealkylation sites (tertiary alicyclic amines) is 1. The first-order valence-electron chi connectivity index (χ1n) is 9.90. The van der Waals surface area contributed by atoms with Crippen LogP contribution in [0.25, 0.3) is 0 Å². The van der Waals surface area contributed by atoms with Gasteiger partial charge in [-0.15, -0.1) is 0 Å². The van der Waals surface area contributed by atoms with E-state index in [0.717, 1.165) is 5.56 Å². The Morgan fingerprint density at radius 2 is 1.86 bits per heavy atom. The molecule has 29 heavy (non-hydrogen) atoms. The van der Waals surface area contributed by atoms with Crippen molar-refractivity contribution in [1.82, 2.24) is 10.2 Å².